The summed E-state index contributed by atoms with van der Waals surface area (Å²) in [6, 6.07) is 0.504. The molecular formula is C16H31N. The zero-order valence-corrected chi connectivity index (χ0v) is 11.7. The van der Waals surface area contributed by atoms with E-state index >= 15 is 0 Å². The van der Waals surface area contributed by atoms with Crippen LogP contribution in [0.2, 0.25) is 0 Å². The van der Waals surface area contributed by atoms with Gasteiger partial charge in [-0.15, -0.1) is 0 Å². The lowest BCUT2D eigenvalue weighted by atomic mass is 9.66. The maximum Gasteiger partial charge on any atom is 0.00672 e. The summed E-state index contributed by atoms with van der Waals surface area (Å²) >= 11 is 0. The number of hydrogen-bond acceptors (Lipinski definition) is 1. The Kier molecular flexibility index (Phi) is 5.34. The van der Waals surface area contributed by atoms with E-state index < -0.39 is 0 Å². The van der Waals surface area contributed by atoms with Crippen LogP contribution in [-0.2, 0) is 0 Å². The van der Waals surface area contributed by atoms with Crippen molar-refractivity contribution in [2.24, 2.45) is 23.5 Å². The van der Waals surface area contributed by atoms with Gasteiger partial charge in [0.25, 0.3) is 0 Å². The Morgan fingerprint density at radius 3 is 2.53 bits per heavy atom. The fourth-order valence-electron chi connectivity index (χ4n) is 4.16. The van der Waals surface area contributed by atoms with Crippen molar-refractivity contribution >= 4 is 0 Å². The van der Waals surface area contributed by atoms with Crippen LogP contribution < -0.4 is 5.73 Å². The fraction of sp³-hybridized carbons (Fsp3) is 1.00. The summed E-state index contributed by atoms with van der Waals surface area (Å²) in [5, 5.41) is 0. The van der Waals surface area contributed by atoms with Crippen molar-refractivity contribution in [2.45, 2.75) is 83.6 Å². The van der Waals surface area contributed by atoms with E-state index in [1.165, 1.54) is 70.6 Å². The lowest BCUT2D eigenvalue weighted by Gasteiger charge is -2.41. The van der Waals surface area contributed by atoms with Gasteiger partial charge in [-0.05, 0) is 43.4 Å². The second-order valence-corrected chi connectivity index (χ2v) is 6.54. The highest BCUT2D eigenvalue weighted by Crippen LogP contribution is 2.43. The molecule has 2 aliphatic rings. The van der Waals surface area contributed by atoms with Crippen molar-refractivity contribution in [1.29, 1.82) is 0 Å². The summed E-state index contributed by atoms with van der Waals surface area (Å²) in [7, 11) is 0. The van der Waals surface area contributed by atoms with E-state index in [9.17, 15) is 0 Å². The molecule has 1 heteroatoms. The Morgan fingerprint density at radius 1 is 1.00 bits per heavy atom. The summed E-state index contributed by atoms with van der Waals surface area (Å²) < 4.78 is 0. The first-order valence-electron chi connectivity index (χ1n) is 8.06. The molecule has 0 aliphatic heterocycles. The zero-order valence-electron chi connectivity index (χ0n) is 11.7. The normalized spacial score (nSPS) is 35.3. The van der Waals surface area contributed by atoms with Crippen molar-refractivity contribution < 1.29 is 0 Å². The van der Waals surface area contributed by atoms with E-state index in [-0.39, 0.29) is 0 Å². The number of unbranched alkanes of at least 4 members (excludes halogenated alkanes) is 2. The van der Waals surface area contributed by atoms with E-state index in [1.807, 2.05) is 0 Å². The predicted molar refractivity (Wildman–Crippen MR) is 74.9 cm³/mol. The SMILES string of the molecule is CCCCCC(N)C1CCC2CCCCC2C1. The minimum atomic E-state index is 0.504. The molecule has 0 radical (unpaired) electrons. The van der Waals surface area contributed by atoms with E-state index in [0.29, 0.717) is 6.04 Å². The van der Waals surface area contributed by atoms with Crippen LogP contribution >= 0.6 is 0 Å². The second kappa shape index (κ2) is 6.78. The minimum absolute atomic E-state index is 0.504. The summed E-state index contributed by atoms with van der Waals surface area (Å²) in [4.78, 5) is 0. The first kappa shape index (κ1) is 13.4. The van der Waals surface area contributed by atoms with Gasteiger partial charge < -0.3 is 5.73 Å². The Balaban J connectivity index is 1.74. The molecule has 2 fully saturated rings. The van der Waals surface area contributed by atoms with Crippen LogP contribution in [0.1, 0.15) is 77.6 Å². The van der Waals surface area contributed by atoms with Gasteiger partial charge in [0.05, 0.1) is 0 Å². The monoisotopic (exact) mass is 237 g/mol. The standard InChI is InChI=1S/C16H31N/c1-2-3-4-9-16(17)15-11-10-13-7-5-6-8-14(13)12-15/h13-16H,2-12,17H2,1H3. The van der Waals surface area contributed by atoms with Gasteiger partial charge in [0.15, 0.2) is 0 Å². The van der Waals surface area contributed by atoms with Crippen molar-refractivity contribution in [3.8, 4) is 0 Å². The molecular weight excluding hydrogens is 206 g/mol. The molecule has 2 saturated carbocycles. The number of hydrogen-bond donors (Lipinski definition) is 1. The number of rotatable bonds is 5. The third kappa shape index (κ3) is 3.71. The van der Waals surface area contributed by atoms with Crippen LogP contribution in [0.5, 0.6) is 0 Å². The number of fused-ring (bicyclic) bond motifs is 1. The third-order valence-corrected chi connectivity index (χ3v) is 5.33. The largest absolute Gasteiger partial charge is 0.327 e. The van der Waals surface area contributed by atoms with Gasteiger partial charge in [-0.3, -0.25) is 0 Å². The molecule has 17 heavy (non-hydrogen) atoms. The molecule has 2 rings (SSSR count). The molecule has 2 N–H and O–H groups in total. The predicted octanol–water partition coefficient (Wildman–Crippen LogP) is 4.50. The maximum absolute atomic E-state index is 6.41. The van der Waals surface area contributed by atoms with Crippen LogP contribution in [-0.4, -0.2) is 6.04 Å². The van der Waals surface area contributed by atoms with Crippen LogP contribution in [0.15, 0.2) is 0 Å². The molecule has 2 aliphatic carbocycles. The summed E-state index contributed by atoms with van der Waals surface area (Å²) in [6.07, 6.45) is 15.7. The molecule has 4 atom stereocenters. The Morgan fingerprint density at radius 2 is 1.76 bits per heavy atom. The van der Waals surface area contributed by atoms with Crippen LogP contribution in [0.3, 0.4) is 0 Å². The van der Waals surface area contributed by atoms with Gasteiger partial charge in [-0.1, -0.05) is 51.9 Å². The molecule has 100 valence electrons. The fourth-order valence-corrected chi connectivity index (χ4v) is 4.16. The van der Waals surface area contributed by atoms with Gasteiger partial charge in [-0.2, -0.15) is 0 Å². The summed E-state index contributed by atoms with van der Waals surface area (Å²) in [5.74, 6) is 2.97. The summed E-state index contributed by atoms with van der Waals surface area (Å²) in [5.41, 5.74) is 6.41. The van der Waals surface area contributed by atoms with Crippen molar-refractivity contribution in [3.05, 3.63) is 0 Å². The van der Waals surface area contributed by atoms with Crippen LogP contribution in [0, 0.1) is 17.8 Å². The molecule has 0 aromatic rings. The second-order valence-electron chi connectivity index (χ2n) is 6.54. The Bertz CT molecular complexity index is 214. The van der Waals surface area contributed by atoms with Gasteiger partial charge in [0.1, 0.15) is 0 Å². The van der Waals surface area contributed by atoms with Crippen LogP contribution in [0.25, 0.3) is 0 Å². The van der Waals surface area contributed by atoms with Gasteiger partial charge in [0.2, 0.25) is 0 Å². The van der Waals surface area contributed by atoms with Crippen molar-refractivity contribution in [1.82, 2.24) is 0 Å². The van der Waals surface area contributed by atoms with Gasteiger partial charge in [-0.25, -0.2) is 0 Å². The molecule has 1 nitrogen and oxygen atoms in total. The molecule has 0 amide bonds. The Labute approximate surface area is 108 Å². The maximum atomic E-state index is 6.41. The highest BCUT2D eigenvalue weighted by Gasteiger charge is 2.33. The molecule has 0 spiro atoms. The van der Waals surface area contributed by atoms with E-state index in [2.05, 4.69) is 6.92 Å². The quantitative estimate of drug-likeness (QED) is 0.700. The lowest BCUT2D eigenvalue weighted by molar-refractivity contribution is 0.115. The zero-order chi connectivity index (χ0) is 12.1. The third-order valence-electron chi connectivity index (χ3n) is 5.33. The first-order valence-corrected chi connectivity index (χ1v) is 8.06. The van der Waals surface area contributed by atoms with Crippen molar-refractivity contribution in [2.75, 3.05) is 0 Å². The van der Waals surface area contributed by atoms with E-state index in [1.54, 1.807) is 0 Å². The molecule has 4 unspecified atom stereocenters. The minimum Gasteiger partial charge on any atom is -0.327 e. The van der Waals surface area contributed by atoms with Gasteiger partial charge >= 0.3 is 0 Å². The smallest absolute Gasteiger partial charge is 0.00672 e. The average molecular weight is 237 g/mol. The van der Waals surface area contributed by atoms with E-state index in [4.69, 9.17) is 5.73 Å². The Hall–Kier alpha value is -0.0400. The average Bonchev–Trinajstić information content (AvgIpc) is 2.38. The molecule has 0 saturated heterocycles. The first-order chi connectivity index (χ1) is 8.31. The molecule has 0 heterocycles. The summed E-state index contributed by atoms with van der Waals surface area (Å²) in [6.45, 7) is 2.28. The molecule has 0 bridgehead atoms. The molecule has 0 aromatic heterocycles. The van der Waals surface area contributed by atoms with Crippen molar-refractivity contribution in [3.63, 3.8) is 0 Å². The van der Waals surface area contributed by atoms with Gasteiger partial charge in [0, 0.05) is 6.04 Å². The number of nitrogens with two attached hydrogens (primary N) is 1. The van der Waals surface area contributed by atoms with Crippen LogP contribution in [0.4, 0.5) is 0 Å². The lowest BCUT2D eigenvalue weighted by Crippen LogP contribution is -2.37. The van der Waals surface area contributed by atoms with E-state index in [0.717, 1.165) is 17.8 Å². The highest BCUT2D eigenvalue weighted by atomic mass is 14.7. The highest BCUT2D eigenvalue weighted by molar-refractivity contribution is 4.87. The topological polar surface area (TPSA) is 26.0 Å². The molecule has 0 aromatic carbocycles.